The molecule has 0 atom stereocenters. The van der Waals surface area contributed by atoms with Gasteiger partial charge >= 0.3 is 0 Å². The van der Waals surface area contributed by atoms with E-state index < -0.39 is 15.9 Å². The monoisotopic (exact) mass is 395 g/mol. The van der Waals surface area contributed by atoms with Crippen LogP contribution < -0.4 is 5.32 Å². The fraction of sp³-hybridized carbons (Fsp3) is 0.438. The van der Waals surface area contributed by atoms with Crippen LogP contribution >= 0.6 is 11.8 Å². The normalized spacial score (nSPS) is 15.7. The summed E-state index contributed by atoms with van der Waals surface area (Å²) in [6, 6.07) is 5.41. The number of nitrogens with zero attached hydrogens (tertiary/aromatic N) is 4. The first-order chi connectivity index (χ1) is 12.5. The van der Waals surface area contributed by atoms with E-state index in [1.807, 2.05) is 13.0 Å². The van der Waals surface area contributed by atoms with Crippen LogP contribution in [0.3, 0.4) is 0 Å². The third kappa shape index (κ3) is 4.08. The lowest BCUT2D eigenvalue weighted by molar-refractivity contribution is 0.0947. The van der Waals surface area contributed by atoms with Crippen molar-refractivity contribution in [2.45, 2.75) is 25.0 Å². The van der Waals surface area contributed by atoms with Crippen molar-refractivity contribution in [2.24, 2.45) is 0 Å². The summed E-state index contributed by atoms with van der Waals surface area (Å²) in [4.78, 5) is 16.8. The maximum atomic E-state index is 13.0. The average Bonchev–Trinajstić information content (AvgIpc) is 3.13. The van der Waals surface area contributed by atoms with Gasteiger partial charge < -0.3 is 5.32 Å². The van der Waals surface area contributed by atoms with Gasteiger partial charge in [0.25, 0.3) is 15.9 Å². The van der Waals surface area contributed by atoms with Crippen LogP contribution in [-0.2, 0) is 23.1 Å². The van der Waals surface area contributed by atoms with E-state index in [4.69, 9.17) is 0 Å². The molecule has 140 valence electrons. The molecule has 0 unspecified atom stereocenters. The first-order valence-corrected chi connectivity index (χ1v) is 11.0. The number of nitrogens with one attached hydrogen (secondary N) is 1. The van der Waals surface area contributed by atoms with Gasteiger partial charge in [0.15, 0.2) is 0 Å². The first-order valence-electron chi connectivity index (χ1n) is 8.36. The predicted molar refractivity (Wildman–Crippen MR) is 99.4 cm³/mol. The number of carbonyl (C=O) groups is 1. The van der Waals surface area contributed by atoms with Crippen LogP contribution in [0.5, 0.6) is 0 Å². The van der Waals surface area contributed by atoms with Crippen LogP contribution in [-0.4, -0.2) is 58.0 Å². The van der Waals surface area contributed by atoms with E-state index in [2.05, 4.69) is 15.4 Å². The van der Waals surface area contributed by atoms with Gasteiger partial charge in [0.2, 0.25) is 5.03 Å². The number of hydrogen-bond donors (Lipinski definition) is 1. The van der Waals surface area contributed by atoms with Crippen LogP contribution in [0.25, 0.3) is 0 Å². The zero-order chi connectivity index (χ0) is 18.6. The van der Waals surface area contributed by atoms with E-state index in [1.165, 1.54) is 15.2 Å². The standard InChI is InChI=1S/C16H21N5O3S2/c1-2-20-12-14(15(22)18-11-13-5-3-4-6-17-13)16(19-20)26(23,24)21-7-9-25-10-8-21/h3-6,12H,2,7-11H2,1H3,(H,18,22). The maximum Gasteiger partial charge on any atom is 0.263 e. The van der Waals surface area contributed by atoms with Crippen LogP contribution in [0, 0.1) is 0 Å². The molecule has 0 aromatic carbocycles. The van der Waals surface area contributed by atoms with Gasteiger partial charge in [0.05, 0.1) is 17.8 Å². The second-order valence-electron chi connectivity index (χ2n) is 5.72. The zero-order valence-electron chi connectivity index (χ0n) is 14.5. The lowest BCUT2D eigenvalue weighted by atomic mass is 10.3. The third-order valence-electron chi connectivity index (χ3n) is 4.01. The van der Waals surface area contributed by atoms with E-state index in [-0.39, 0.29) is 17.1 Å². The van der Waals surface area contributed by atoms with Crippen LogP contribution in [0.15, 0.2) is 35.6 Å². The number of amides is 1. The van der Waals surface area contributed by atoms with Gasteiger partial charge in [0.1, 0.15) is 0 Å². The number of aromatic nitrogens is 3. The molecule has 3 rings (SSSR count). The molecule has 26 heavy (non-hydrogen) atoms. The number of aryl methyl sites for hydroxylation is 1. The lowest BCUT2D eigenvalue weighted by Crippen LogP contribution is -2.39. The Labute approximate surface area is 157 Å². The molecule has 0 radical (unpaired) electrons. The quantitative estimate of drug-likeness (QED) is 0.783. The Kier molecular flexibility index (Phi) is 5.94. The minimum Gasteiger partial charge on any atom is -0.346 e. The fourth-order valence-corrected chi connectivity index (χ4v) is 5.26. The van der Waals surface area contributed by atoms with Gasteiger partial charge in [-0.1, -0.05) is 6.07 Å². The molecule has 2 aromatic heterocycles. The smallest absolute Gasteiger partial charge is 0.263 e. The Morgan fingerprint density at radius 1 is 1.31 bits per heavy atom. The van der Waals surface area contributed by atoms with Gasteiger partial charge in [-0.2, -0.15) is 21.2 Å². The van der Waals surface area contributed by atoms with Crippen LogP contribution in [0.4, 0.5) is 0 Å². The second-order valence-corrected chi connectivity index (χ2v) is 8.80. The van der Waals surface area contributed by atoms with E-state index in [9.17, 15) is 13.2 Å². The van der Waals surface area contributed by atoms with Crippen molar-refractivity contribution in [1.29, 1.82) is 0 Å². The summed E-state index contributed by atoms with van der Waals surface area (Å²) in [5.41, 5.74) is 0.766. The molecule has 10 heteroatoms. The van der Waals surface area contributed by atoms with Gasteiger partial charge in [-0.15, -0.1) is 0 Å². The topological polar surface area (TPSA) is 97.2 Å². The Hall–Kier alpha value is -1.91. The molecule has 1 amide bonds. The highest BCUT2D eigenvalue weighted by Gasteiger charge is 2.33. The average molecular weight is 396 g/mol. The molecule has 0 spiro atoms. The second kappa shape index (κ2) is 8.19. The Morgan fingerprint density at radius 2 is 2.08 bits per heavy atom. The number of hydrogen-bond acceptors (Lipinski definition) is 6. The summed E-state index contributed by atoms with van der Waals surface area (Å²) >= 11 is 1.72. The molecule has 1 saturated heterocycles. The highest BCUT2D eigenvalue weighted by atomic mass is 32.2. The molecule has 1 aliphatic heterocycles. The third-order valence-corrected chi connectivity index (χ3v) is 6.78. The highest BCUT2D eigenvalue weighted by Crippen LogP contribution is 2.22. The molecular weight excluding hydrogens is 374 g/mol. The van der Waals surface area contributed by atoms with Crippen LogP contribution in [0.2, 0.25) is 0 Å². The number of rotatable bonds is 6. The number of carbonyl (C=O) groups excluding carboxylic acids is 1. The summed E-state index contributed by atoms with van der Waals surface area (Å²) in [7, 11) is -3.80. The highest BCUT2D eigenvalue weighted by molar-refractivity contribution is 7.99. The summed E-state index contributed by atoms with van der Waals surface area (Å²) in [5.74, 6) is 1.02. The first kappa shape index (κ1) is 18.9. The van der Waals surface area contributed by atoms with Crippen molar-refractivity contribution in [3.8, 4) is 0 Å². The molecule has 0 bridgehead atoms. The lowest BCUT2D eigenvalue weighted by Gasteiger charge is -2.24. The van der Waals surface area contributed by atoms with Crippen molar-refractivity contribution in [3.05, 3.63) is 41.9 Å². The van der Waals surface area contributed by atoms with E-state index in [0.29, 0.717) is 25.3 Å². The molecule has 2 aromatic rings. The van der Waals surface area contributed by atoms with Crippen LogP contribution in [0.1, 0.15) is 23.0 Å². The summed E-state index contributed by atoms with van der Waals surface area (Å²) in [6.45, 7) is 3.40. The molecule has 1 N–H and O–H groups in total. The SMILES string of the molecule is CCn1cc(C(=O)NCc2ccccn2)c(S(=O)(=O)N2CCSCC2)n1. The number of pyridine rings is 1. The van der Waals surface area contributed by atoms with Crippen molar-refractivity contribution in [1.82, 2.24) is 24.4 Å². The van der Waals surface area contributed by atoms with Gasteiger partial charge in [0, 0.05) is 43.5 Å². The largest absolute Gasteiger partial charge is 0.346 e. The molecule has 0 aliphatic carbocycles. The number of thioether (sulfide) groups is 1. The summed E-state index contributed by atoms with van der Waals surface area (Å²) in [6.07, 6.45) is 3.13. The molecule has 1 fully saturated rings. The minimum atomic E-state index is -3.80. The number of sulfonamides is 1. The van der Waals surface area contributed by atoms with E-state index in [1.54, 1.807) is 30.1 Å². The molecular formula is C16H21N5O3S2. The van der Waals surface area contributed by atoms with Crippen molar-refractivity contribution < 1.29 is 13.2 Å². The molecule has 8 nitrogen and oxygen atoms in total. The summed E-state index contributed by atoms with van der Waals surface area (Å²) in [5, 5.41) is 6.71. The summed E-state index contributed by atoms with van der Waals surface area (Å²) < 4.78 is 28.8. The molecule has 1 aliphatic rings. The Bertz CT molecular complexity index is 861. The van der Waals surface area contributed by atoms with Crippen molar-refractivity contribution >= 4 is 27.7 Å². The van der Waals surface area contributed by atoms with Gasteiger partial charge in [-0.05, 0) is 19.1 Å². The molecule has 3 heterocycles. The van der Waals surface area contributed by atoms with Gasteiger partial charge in [-0.3, -0.25) is 14.5 Å². The molecule has 0 saturated carbocycles. The van der Waals surface area contributed by atoms with Crippen molar-refractivity contribution in [2.75, 3.05) is 24.6 Å². The minimum absolute atomic E-state index is 0.0704. The fourth-order valence-electron chi connectivity index (χ4n) is 2.59. The van der Waals surface area contributed by atoms with E-state index >= 15 is 0 Å². The Morgan fingerprint density at radius 3 is 2.73 bits per heavy atom. The Balaban J connectivity index is 1.84. The van der Waals surface area contributed by atoms with Gasteiger partial charge in [-0.25, -0.2) is 8.42 Å². The maximum absolute atomic E-state index is 13.0. The zero-order valence-corrected chi connectivity index (χ0v) is 16.1. The van der Waals surface area contributed by atoms with Crippen molar-refractivity contribution in [3.63, 3.8) is 0 Å². The van der Waals surface area contributed by atoms with E-state index in [0.717, 1.165) is 11.5 Å². The predicted octanol–water partition coefficient (Wildman–Crippen LogP) is 0.966.